The maximum absolute atomic E-state index is 13.5. The van der Waals surface area contributed by atoms with Crippen LogP contribution in [0.15, 0.2) is 90.3 Å². The van der Waals surface area contributed by atoms with Crippen molar-refractivity contribution < 1.29 is 9.53 Å². The Bertz CT molecular complexity index is 1150. The van der Waals surface area contributed by atoms with E-state index in [1.54, 1.807) is 4.90 Å². The second-order valence-electron chi connectivity index (χ2n) is 7.53. The Labute approximate surface area is 185 Å². The first-order chi connectivity index (χ1) is 15.3. The minimum atomic E-state index is -0.516. The van der Waals surface area contributed by atoms with Crippen molar-refractivity contribution in [1.29, 1.82) is 0 Å². The van der Waals surface area contributed by atoms with E-state index >= 15 is 0 Å². The zero-order chi connectivity index (χ0) is 21.0. The van der Waals surface area contributed by atoms with Gasteiger partial charge in [-0.05, 0) is 23.6 Å². The molecule has 3 aromatic carbocycles. The van der Waals surface area contributed by atoms with Gasteiger partial charge in [0.15, 0.2) is 11.2 Å². The van der Waals surface area contributed by atoms with E-state index in [9.17, 15) is 4.79 Å². The van der Waals surface area contributed by atoms with Gasteiger partial charge >= 0.3 is 0 Å². The summed E-state index contributed by atoms with van der Waals surface area (Å²) in [6, 6.07) is 28.1. The Morgan fingerprint density at radius 3 is 2.45 bits per heavy atom. The zero-order valence-corrected chi connectivity index (χ0v) is 17.8. The summed E-state index contributed by atoms with van der Waals surface area (Å²) in [4.78, 5) is 20.1. The predicted octanol–water partition coefficient (Wildman–Crippen LogP) is 5.39. The number of carbonyl (C=O) groups is 1. The molecule has 5 rings (SSSR count). The minimum Gasteiger partial charge on any atom is -0.480 e. The number of ether oxygens (including phenoxy) is 1. The van der Waals surface area contributed by atoms with Crippen molar-refractivity contribution in [3.63, 3.8) is 0 Å². The molecule has 0 spiro atoms. The molecule has 1 atom stereocenters. The Morgan fingerprint density at radius 1 is 0.968 bits per heavy atom. The van der Waals surface area contributed by atoms with Crippen molar-refractivity contribution >= 4 is 22.4 Å². The van der Waals surface area contributed by atoms with Gasteiger partial charge in [-0.15, -0.1) is 11.3 Å². The number of fused-ring (bicyclic) bond motifs is 1. The average Bonchev–Trinajstić information content (AvgIpc) is 3.48. The lowest BCUT2D eigenvalue weighted by atomic mass is 10.1. The molecule has 31 heavy (non-hydrogen) atoms. The maximum Gasteiger partial charge on any atom is 0.270 e. The quantitative estimate of drug-likeness (QED) is 0.415. The number of rotatable bonds is 6. The maximum atomic E-state index is 13.5. The highest BCUT2D eigenvalue weighted by atomic mass is 32.1. The predicted molar refractivity (Wildman–Crippen MR) is 125 cm³/mol. The molecule has 4 nitrogen and oxygen atoms in total. The summed E-state index contributed by atoms with van der Waals surface area (Å²) in [5.74, 6) is 0.758. The van der Waals surface area contributed by atoms with Gasteiger partial charge in [-0.2, -0.15) is 0 Å². The van der Waals surface area contributed by atoms with Crippen LogP contribution in [0.1, 0.15) is 11.1 Å². The Hall–Kier alpha value is -3.44. The number of anilines is 1. The third kappa shape index (κ3) is 4.23. The highest BCUT2D eigenvalue weighted by molar-refractivity contribution is 7.14. The smallest absolute Gasteiger partial charge is 0.270 e. The van der Waals surface area contributed by atoms with Gasteiger partial charge in [-0.25, -0.2) is 4.98 Å². The molecule has 1 unspecified atom stereocenters. The number of nitrogens with zero attached hydrogens (tertiary/aromatic N) is 2. The molecule has 154 valence electrons. The largest absolute Gasteiger partial charge is 0.480 e. The number of thiazole rings is 1. The lowest BCUT2D eigenvalue weighted by molar-refractivity contribution is -0.124. The lowest BCUT2D eigenvalue weighted by Gasteiger charge is -2.23. The van der Waals surface area contributed by atoms with Gasteiger partial charge in [0.05, 0.1) is 5.69 Å². The van der Waals surface area contributed by atoms with Crippen molar-refractivity contribution in [2.45, 2.75) is 18.9 Å². The summed E-state index contributed by atoms with van der Waals surface area (Å²) in [5, 5.41) is 2.72. The molecule has 0 saturated carbocycles. The van der Waals surface area contributed by atoms with Crippen LogP contribution in [0.5, 0.6) is 5.75 Å². The van der Waals surface area contributed by atoms with E-state index < -0.39 is 6.10 Å². The van der Waals surface area contributed by atoms with Crippen molar-refractivity contribution in [2.24, 2.45) is 0 Å². The van der Waals surface area contributed by atoms with Gasteiger partial charge < -0.3 is 4.74 Å². The monoisotopic (exact) mass is 426 g/mol. The van der Waals surface area contributed by atoms with Crippen LogP contribution in [0.2, 0.25) is 0 Å². The number of aromatic nitrogens is 1. The van der Waals surface area contributed by atoms with E-state index in [4.69, 9.17) is 9.72 Å². The molecule has 5 heteroatoms. The van der Waals surface area contributed by atoms with Gasteiger partial charge in [0.1, 0.15) is 5.75 Å². The molecular weight excluding hydrogens is 404 g/mol. The van der Waals surface area contributed by atoms with Crippen LogP contribution in [0.4, 0.5) is 5.13 Å². The third-order valence-electron chi connectivity index (χ3n) is 5.45. The van der Waals surface area contributed by atoms with Gasteiger partial charge in [-0.3, -0.25) is 9.69 Å². The summed E-state index contributed by atoms with van der Waals surface area (Å²) in [6.07, 6.45) is 0.831. The molecule has 1 amide bonds. The molecule has 0 N–H and O–H groups in total. The van der Waals surface area contributed by atoms with Crippen LogP contribution in [0.25, 0.3) is 11.3 Å². The molecule has 0 fully saturated rings. The number of hydrogen-bond acceptors (Lipinski definition) is 4. The average molecular weight is 427 g/mol. The Balaban J connectivity index is 1.41. The zero-order valence-electron chi connectivity index (χ0n) is 17.0. The second kappa shape index (κ2) is 8.74. The molecule has 1 aliphatic heterocycles. The van der Waals surface area contributed by atoms with E-state index in [-0.39, 0.29) is 5.91 Å². The summed E-state index contributed by atoms with van der Waals surface area (Å²) in [6.45, 7) is 0.556. The van der Waals surface area contributed by atoms with Crippen LogP contribution in [0, 0.1) is 0 Å². The van der Waals surface area contributed by atoms with Gasteiger partial charge in [0.2, 0.25) is 0 Å². The number of benzene rings is 3. The third-order valence-corrected chi connectivity index (χ3v) is 6.31. The number of hydrogen-bond donors (Lipinski definition) is 0. The van der Waals surface area contributed by atoms with Crippen LogP contribution >= 0.6 is 11.3 Å². The van der Waals surface area contributed by atoms with Gasteiger partial charge in [0, 0.05) is 23.9 Å². The Kier molecular flexibility index (Phi) is 5.50. The normalized spacial score (nSPS) is 14.6. The molecule has 1 aliphatic rings. The number of para-hydroxylation sites is 1. The van der Waals surface area contributed by atoms with Crippen molar-refractivity contribution in [2.75, 3.05) is 11.4 Å². The van der Waals surface area contributed by atoms with E-state index in [1.165, 1.54) is 16.9 Å². The standard InChI is InChI=1S/C26H22N2O2S/c29-25(24-17-21-13-7-8-14-23(21)30-24)28(16-15-19-9-3-1-4-10-19)26-27-22(18-31-26)20-11-5-2-6-12-20/h1-14,18,24H,15-17H2. The molecule has 1 aromatic heterocycles. The number of amides is 1. The summed E-state index contributed by atoms with van der Waals surface area (Å²) >= 11 is 1.50. The van der Waals surface area contributed by atoms with Gasteiger partial charge in [0.25, 0.3) is 5.91 Å². The van der Waals surface area contributed by atoms with Crippen LogP contribution in [0.3, 0.4) is 0 Å². The first-order valence-corrected chi connectivity index (χ1v) is 11.3. The molecule has 2 heterocycles. The first kappa shape index (κ1) is 19.5. The summed E-state index contributed by atoms with van der Waals surface area (Å²) in [5.41, 5.74) is 4.20. The summed E-state index contributed by atoms with van der Waals surface area (Å²) < 4.78 is 6.00. The molecule has 0 saturated heterocycles. The fourth-order valence-electron chi connectivity index (χ4n) is 3.81. The highest BCUT2D eigenvalue weighted by Gasteiger charge is 2.34. The number of carbonyl (C=O) groups excluding carboxylic acids is 1. The fourth-order valence-corrected chi connectivity index (χ4v) is 4.67. The van der Waals surface area contributed by atoms with E-state index in [2.05, 4.69) is 12.1 Å². The van der Waals surface area contributed by atoms with Crippen molar-refractivity contribution in [3.05, 3.63) is 101 Å². The minimum absolute atomic E-state index is 0.0407. The van der Waals surface area contributed by atoms with E-state index in [0.717, 1.165) is 29.0 Å². The second-order valence-corrected chi connectivity index (χ2v) is 8.36. The fraction of sp³-hybridized carbons (Fsp3) is 0.154. The SMILES string of the molecule is O=C(C1Cc2ccccc2O1)N(CCc1ccccc1)c1nc(-c2ccccc2)cs1. The topological polar surface area (TPSA) is 42.4 Å². The van der Waals surface area contributed by atoms with Crippen LogP contribution in [-0.2, 0) is 17.6 Å². The molecule has 4 aromatic rings. The molecular formula is C26H22N2O2S. The lowest BCUT2D eigenvalue weighted by Crippen LogP contribution is -2.42. The van der Waals surface area contributed by atoms with Crippen LogP contribution in [-0.4, -0.2) is 23.5 Å². The molecule has 0 aliphatic carbocycles. The van der Waals surface area contributed by atoms with Crippen molar-refractivity contribution in [1.82, 2.24) is 4.98 Å². The van der Waals surface area contributed by atoms with E-state index in [1.807, 2.05) is 78.2 Å². The summed E-state index contributed by atoms with van der Waals surface area (Å²) in [7, 11) is 0. The van der Waals surface area contributed by atoms with Crippen molar-refractivity contribution in [3.8, 4) is 17.0 Å². The highest BCUT2D eigenvalue weighted by Crippen LogP contribution is 2.32. The molecule has 0 bridgehead atoms. The molecule has 0 radical (unpaired) electrons. The van der Waals surface area contributed by atoms with Crippen LogP contribution < -0.4 is 9.64 Å². The van der Waals surface area contributed by atoms with E-state index in [0.29, 0.717) is 18.1 Å². The first-order valence-electron chi connectivity index (χ1n) is 10.4. The van der Waals surface area contributed by atoms with Gasteiger partial charge in [-0.1, -0.05) is 78.9 Å². The Morgan fingerprint density at radius 2 is 1.68 bits per heavy atom.